The van der Waals surface area contributed by atoms with E-state index in [1.54, 1.807) is 12.4 Å². The molecule has 2 aliphatic heterocycles. The maximum atomic E-state index is 5.28. The second kappa shape index (κ2) is 12.8. The topological polar surface area (TPSA) is 109 Å². The summed E-state index contributed by atoms with van der Waals surface area (Å²) in [6, 6.07) is 24.6. The summed E-state index contributed by atoms with van der Waals surface area (Å²) in [4.78, 5) is 35.2. The van der Waals surface area contributed by atoms with Crippen LogP contribution in [0.1, 0.15) is 22.8 Å². The molecule has 0 fully saturated rings. The maximum Gasteiger partial charge on any atom is 2.00 e. The molecule has 0 aromatic carbocycles. The minimum Gasteiger partial charge on any atom is -0.354 e. The van der Waals surface area contributed by atoms with Crippen LogP contribution in [0.5, 0.6) is 0 Å². The van der Waals surface area contributed by atoms with Crippen LogP contribution in [0.3, 0.4) is 0 Å². The summed E-state index contributed by atoms with van der Waals surface area (Å²) >= 11 is 0. The van der Waals surface area contributed by atoms with Gasteiger partial charge in [-0.05, 0) is 119 Å². The van der Waals surface area contributed by atoms with Gasteiger partial charge in [-0.1, -0.05) is 0 Å². The summed E-state index contributed by atoms with van der Waals surface area (Å²) in [6.45, 7) is 0. The van der Waals surface area contributed by atoms with Crippen LogP contribution in [0.2, 0.25) is 0 Å². The van der Waals surface area contributed by atoms with Gasteiger partial charge in [-0.15, -0.1) is 0 Å². The fourth-order valence-corrected chi connectivity index (χ4v) is 6.49. The van der Waals surface area contributed by atoms with Gasteiger partial charge in [-0.25, -0.2) is 9.97 Å². The van der Waals surface area contributed by atoms with Crippen molar-refractivity contribution in [2.45, 2.75) is 0 Å². The molecule has 0 saturated heterocycles. The summed E-state index contributed by atoms with van der Waals surface area (Å²) in [5, 5.41) is 0. The van der Waals surface area contributed by atoms with Gasteiger partial charge in [0.25, 0.3) is 0 Å². The third-order valence-corrected chi connectivity index (χ3v) is 8.63. The molecule has 0 saturated carbocycles. The number of fused-ring (bicyclic) bond motifs is 8. The summed E-state index contributed by atoms with van der Waals surface area (Å²) in [5.74, 6) is 0. The zero-order chi connectivity index (χ0) is 31.9. The Morgan fingerprint density at radius 2 is 0.571 bits per heavy atom. The van der Waals surface area contributed by atoms with E-state index in [0.717, 1.165) is 89.4 Å². The molecule has 9 rings (SSSR count). The van der Waals surface area contributed by atoms with E-state index in [1.807, 2.05) is 85.7 Å². The molecule has 0 amide bonds. The van der Waals surface area contributed by atoms with Gasteiger partial charge in [0.1, 0.15) is 0 Å². The third kappa shape index (κ3) is 5.50. The van der Waals surface area contributed by atoms with Crippen LogP contribution < -0.4 is 0 Å². The SMILES string of the molecule is C1=Cc2nc1c(-c1ccncc1)c1nc(c(-c3ccncc3)c3ccc([nH]3)c(-c3ccncc3)c3ccc([nH]3)c2-c2ccncc2)C=C1.[Zn+2]. The van der Waals surface area contributed by atoms with Crippen molar-refractivity contribution in [2.75, 3.05) is 0 Å². The Bertz CT molecular complexity index is 2400. The number of aromatic amines is 2. The average molecular weight is 684 g/mol. The van der Waals surface area contributed by atoms with Crippen LogP contribution in [-0.2, 0) is 19.5 Å². The number of nitrogens with zero attached hydrogens (tertiary/aromatic N) is 6. The van der Waals surface area contributed by atoms with Gasteiger partial charge in [0.05, 0.1) is 22.8 Å². The Labute approximate surface area is 294 Å². The van der Waals surface area contributed by atoms with Gasteiger partial charge >= 0.3 is 19.5 Å². The van der Waals surface area contributed by atoms with E-state index in [2.05, 4.69) is 78.5 Å². The number of aromatic nitrogens is 8. The van der Waals surface area contributed by atoms with Gasteiger partial charge in [-0.3, -0.25) is 19.9 Å². The molecule has 7 aromatic heterocycles. The van der Waals surface area contributed by atoms with Gasteiger partial charge in [-0.2, -0.15) is 0 Å². The van der Waals surface area contributed by atoms with Crippen molar-refractivity contribution in [3.63, 3.8) is 0 Å². The summed E-state index contributed by atoms with van der Waals surface area (Å²) in [7, 11) is 0. The van der Waals surface area contributed by atoms with E-state index in [4.69, 9.17) is 9.97 Å². The van der Waals surface area contributed by atoms with Crippen LogP contribution in [0.15, 0.2) is 122 Å². The fraction of sp³-hybridized carbons (Fsp3) is 0. The molecule has 0 radical (unpaired) electrons. The molecule has 7 aromatic rings. The smallest absolute Gasteiger partial charge is 0.354 e. The predicted molar refractivity (Wildman–Crippen MR) is 192 cm³/mol. The van der Waals surface area contributed by atoms with Crippen LogP contribution in [0, 0.1) is 0 Å². The van der Waals surface area contributed by atoms with Gasteiger partial charge in [0, 0.05) is 93.9 Å². The molecule has 2 aliphatic rings. The molecule has 0 spiro atoms. The quantitative estimate of drug-likeness (QED) is 0.179. The molecular formula is C40H26N8Zn+2. The molecule has 0 aliphatic carbocycles. The molecule has 226 valence electrons. The van der Waals surface area contributed by atoms with Crippen LogP contribution in [0.4, 0.5) is 0 Å². The van der Waals surface area contributed by atoms with Gasteiger partial charge in [0.2, 0.25) is 0 Å². The van der Waals surface area contributed by atoms with E-state index in [-0.39, 0.29) is 19.5 Å². The number of pyridine rings is 4. The number of hydrogen-bond acceptors (Lipinski definition) is 6. The normalized spacial score (nSPS) is 11.8. The van der Waals surface area contributed by atoms with Crippen molar-refractivity contribution in [3.05, 3.63) is 145 Å². The summed E-state index contributed by atoms with van der Waals surface area (Å²) < 4.78 is 0. The molecule has 9 heterocycles. The van der Waals surface area contributed by atoms with Crippen molar-refractivity contribution in [1.29, 1.82) is 0 Å². The van der Waals surface area contributed by atoms with Crippen molar-refractivity contribution in [2.24, 2.45) is 0 Å². The fourth-order valence-electron chi connectivity index (χ4n) is 6.49. The summed E-state index contributed by atoms with van der Waals surface area (Å²) in [5.41, 5.74) is 15.0. The van der Waals surface area contributed by atoms with Crippen LogP contribution in [0.25, 0.3) is 90.9 Å². The molecule has 2 N–H and O–H groups in total. The predicted octanol–water partition coefficient (Wildman–Crippen LogP) is 8.90. The molecule has 0 atom stereocenters. The average Bonchev–Trinajstić information content (AvgIpc) is 3.98. The van der Waals surface area contributed by atoms with Crippen molar-refractivity contribution in [1.82, 2.24) is 39.9 Å². The molecule has 8 nitrogen and oxygen atoms in total. The number of H-pyrrole nitrogens is 2. The largest absolute Gasteiger partial charge is 2.00 e. The van der Waals surface area contributed by atoms with E-state index >= 15 is 0 Å². The second-order valence-corrected chi connectivity index (χ2v) is 11.4. The number of nitrogens with one attached hydrogen (secondary N) is 2. The maximum absolute atomic E-state index is 5.28. The first-order chi connectivity index (χ1) is 23.8. The first kappa shape index (κ1) is 30.2. The van der Waals surface area contributed by atoms with E-state index in [9.17, 15) is 0 Å². The first-order valence-corrected chi connectivity index (χ1v) is 15.6. The Morgan fingerprint density at radius 3 is 0.918 bits per heavy atom. The van der Waals surface area contributed by atoms with E-state index < -0.39 is 0 Å². The zero-order valence-corrected chi connectivity index (χ0v) is 29.2. The standard InChI is InChI=1S/C40H26N8.Zn/c1-2-30-38(26-11-19-42-20-12-26)32-5-6-34(47-32)40(28-15-23-44-24-16-28)36-8-7-35(48-36)39(27-13-21-43-22-14-27)33-4-3-31(46-33)37(29(1)45-30)25-9-17-41-18-10-25;/h1-24,45-46H;/q;+2. The molecular weight excluding hydrogens is 658 g/mol. The Morgan fingerprint density at radius 1 is 0.306 bits per heavy atom. The monoisotopic (exact) mass is 682 g/mol. The van der Waals surface area contributed by atoms with Crippen molar-refractivity contribution >= 4 is 46.4 Å². The molecule has 8 bridgehead atoms. The van der Waals surface area contributed by atoms with Gasteiger partial charge < -0.3 is 9.97 Å². The Kier molecular flexibility index (Phi) is 7.88. The minimum absolute atomic E-state index is 0. The Balaban J connectivity index is 0.00000348. The number of rotatable bonds is 4. The van der Waals surface area contributed by atoms with Crippen molar-refractivity contribution in [3.8, 4) is 44.5 Å². The summed E-state index contributed by atoms with van der Waals surface area (Å²) in [6.07, 6.45) is 22.8. The molecule has 49 heavy (non-hydrogen) atoms. The minimum atomic E-state index is 0. The van der Waals surface area contributed by atoms with Crippen molar-refractivity contribution < 1.29 is 19.5 Å². The first-order valence-electron chi connectivity index (χ1n) is 15.6. The molecule has 9 heteroatoms. The zero-order valence-electron chi connectivity index (χ0n) is 26.2. The van der Waals surface area contributed by atoms with Gasteiger partial charge in [0.15, 0.2) is 0 Å². The third-order valence-electron chi connectivity index (χ3n) is 8.63. The molecule has 0 unspecified atom stereocenters. The second-order valence-electron chi connectivity index (χ2n) is 11.4. The van der Waals surface area contributed by atoms with Crippen LogP contribution >= 0.6 is 0 Å². The van der Waals surface area contributed by atoms with E-state index in [0.29, 0.717) is 0 Å². The number of hydrogen-bond donors (Lipinski definition) is 2. The van der Waals surface area contributed by atoms with Crippen LogP contribution in [-0.4, -0.2) is 39.9 Å². The van der Waals surface area contributed by atoms with E-state index in [1.165, 1.54) is 0 Å². The Hall–Kier alpha value is -6.18.